The third-order valence-electron chi connectivity index (χ3n) is 3.49. The molecule has 5 heteroatoms. The summed E-state index contributed by atoms with van der Waals surface area (Å²) in [7, 11) is 0. The summed E-state index contributed by atoms with van der Waals surface area (Å²) in [5, 5.41) is 0. The normalized spacial score (nSPS) is 29.3. The average molecular weight is 265 g/mol. The molecule has 3 atom stereocenters. The van der Waals surface area contributed by atoms with Crippen LogP contribution in [-0.4, -0.2) is 42.5 Å². The van der Waals surface area contributed by atoms with E-state index in [9.17, 15) is 9.18 Å². The van der Waals surface area contributed by atoms with Crippen molar-refractivity contribution in [1.29, 1.82) is 0 Å². The lowest BCUT2D eigenvalue weighted by Crippen LogP contribution is -2.36. The van der Waals surface area contributed by atoms with Gasteiger partial charge in [0.1, 0.15) is 12.7 Å². The Bertz CT molecular complexity index is 453. The van der Waals surface area contributed by atoms with Gasteiger partial charge in [0.25, 0.3) is 0 Å². The molecule has 2 aliphatic rings. The summed E-state index contributed by atoms with van der Waals surface area (Å²) in [4.78, 5) is 13.5. The van der Waals surface area contributed by atoms with Gasteiger partial charge in [-0.1, -0.05) is 30.3 Å². The lowest BCUT2D eigenvalue weighted by molar-refractivity contribution is 0.0899. The maximum Gasteiger partial charge on any atom is 0.410 e. The first kappa shape index (κ1) is 12.4. The van der Waals surface area contributed by atoms with Crippen molar-refractivity contribution in [2.75, 3.05) is 13.2 Å². The van der Waals surface area contributed by atoms with Gasteiger partial charge in [0.15, 0.2) is 6.17 Å². The van der Waals surface area contributed by atoms with Crippen LogP contribution < -0.4 is 0 Å². The van der Waals surface area contributed by atoms with Crippen LogP contribution in [0.5, 0.6) is 0 Å². The Morgan fingerprint density at radius 2 is 2.21 bits per heavy atom. The van der Waals surface area contributed by atoms with Gasteiger partial charge < -0.3 is 9.47 Å². The van der Waals surface area contributed by atoms with Crippen LogP contribution in [0.25, 0.3) is 0 Å². The van der Waals surface area contributed by atoms with Crippen LogP contribution in [0.3, 0.4) is 0 Å². The van der Waals surface area contributed by atoms with Crippen LogP contribution >= 0.6 is 0 Å². The monoisotopic (exact) mass is 265 g/mol. The van der Waals surface area contributed by atoms with E-state index in [2.05, 4.69) is 0 Å². The van der Waals surface area contributed by atoms with Gasteiger partial charge in [-0.3, -0.25) is 4.90 Å². The molecule has 3 rings (SSSR count). The van der Waals surface area contributed by atoms with Gasteiger partial charge in [-0.15, -0.1) is 0 Å². The molecular weight excluding hydrogens is 249 g/mol. The molecule has 0 radical (unpaired) electrons. The fourth-order valence-electron chi connectivity index (χ4n) is 2.39. The minimum atomic E-state index is -1.07. The average Bonchev–Trinajstić information content (AvgIpc) is 3.13. The number of hydrogen-bond donors (Lipinski definition) is 0. The highest BCUT2D eigenvalue weighted by atomic mass is 19.1. The summed E-state index contributed by atoms with van der Waals surface area (Å²) in [5.41, 5.74) is 0.922. The van der Waals surface area contributed by atoms with Gasteiger partial charge in [0, 0.05) is 13.2 Å². The number of ether oxygens (including phenoxy) is 2. The fraction of sp³-hybridized carbons (Fsp3) is 0.500. The number of hydrogen-bond acceptors (Lipinski definition) is 3. The lowest BCUT2D eigenvalue weighted by Gasteiger charge is -2.20. The van der Waals surface area contributed by atoms with Crippen molar-refractivity contribution in [2.45, 2.75) is 31.3 Å². The molecule has 3 unspecified atom stereocenters. The predicted molar refractivity (Wildman–Crippen MR) is 66.4 cm³/mol. The number of alkyl halides is 1. The molecule has 102 valence electrons. The van der Waals surface area contributed by atoms with E-state index in [4.69, 9.17) is 9.47 Å². The van der Waals surface area contributed by atoms with Crippen molar-refractivity contribution in [3.63, 3.8) is 0 Å². The number of fused-ring (bicyclic) bond motifs is 1. The van der Waals surface area contributed by atoms with Gasteiger partial charge in [-0.2, -0.15) is 0 Å². The summed E-state index contributed by atoms with van der Waals surface area (Å²) in [6.45, 7) is 1.21. The van der Waals surface area contributed by atoms with Gasteiger partial charge in [0.2, 0.25) is 0 Å². The molecule has 0 aromatic heterocycles. The number of carbonyl (C=O) groups excluding carboxylic acids is 1. The molecule has 1 amide bonds. The third kappa shape index (κ3) is 2.56. The van der Waals surface area contributed by atoms with Crippen molar-refractivity contribution in [2.24, 2.45) is 0 Å². The van der Waals surface area contributed by atoms with E-state index in [1.807, 2.05) is 30.3 Å². The third-order valence-corrected chi connectivity index (χ3v) is 3.49. The summed E-state index contributed by atoms with van der Waals surface area (Å²) >= 11 is 0. The SMILES string of the molecule is O=C(OCc1ccccc1)N1CCCOC2C(F)C21. The number of benzene rings is 1. The number of nitrogens with zero attached hydrogens (tertiary/aromatic N) is 1. The molecule has 0 spiro atoms. The molecule has 1 saturated heterocycles. The van der Waals surface area contributed by atoms with Crippen molar-refractivity contribution in [1.82, 2.24) is 4.90 Å². The molecule has 0 N–H and O–H groups in total. The van der Waals surface area contributed by atoms with E-state index in [0.29, 0.717) is 13.2 Å². The molecule has 1 aliphatic carbocycles. The minimum Gasteiger partial charge on any atom is -0.445 e. The first-order chi connectivity index (χ1) is 9.27. The molecule has 0 bridgehead atoms. The number of amides is 1. The van der Waals surface area contributed by atoms with Gasteiger partial charge in [0.05, 0.1) is 6.04 Å². The van der Waals surface area contributed by atoms with Crippen LogP contribution in [0, 0.1) is 0 Å². The van der Waals surface area contributed by atoms with Crippen molar-refractivity contribution in [3.8, 4) is 0 Å². The zero-order valence-corrected chi connectivity index (χ0v) is 10.5. The number of halogens is 1. The second kappa shape index (κ2) is 5.17. The number of rotatable bonds is 2. The van der Waals surface area contributed by atoms with E-state index >= 15 is 0 Å². The molecule has 1 heterocycles. The van der Waals surface area contributed by atoms with Crippen LogP contribution in [0.2, 0.25) is 0 Å². The quantitative estimate of drug-likeness (QED) is 0.822. The summed E-state index contributed by atoms with van der Waals surface area (Å²) in [5.74, 6) is 0. The van der Waals surface area contributed by atoms with Crippen molar-refractivity contribution >= 4 is 6.09 Å². The Morgan fingerprint density at radius 3 is 3.00 bits per heavy atom. The zero-order valence-electron chi connectivity index (χ0n) is 10.5. The van der Waals surface area contributed by atoms with Crippen molar-refractivity contribution in [3.05, 3.63) is 35.9 Å². The number of carbonyl (C=O) groups is 1. The molecule has 1 saturated carbocycles. The van der Waals surface area contributed by atoms with Crippen LogP contribution in [0.1, 0.15) is 12.0 Å². The van der Waals surface area contributed by atoms with E-state index in [1.54, 1.807) is 0 Å². The Balaban J connectivity index is 1.58. The fourth-order valence-corrected chi connectivity index (χ4v) is 2.39. The van der Waals surface area contributed by atoms with E-state index in [0.717, 1.165) is 12.0 Å². The largest absolute Gasteiger partial charge is 0.445 e. The molecule has 4 nitrogen and oxygen atoms in total. The standard InChI is InChI=1S/C14H16FNO3/c15-11-12-13(11)18-8-4-7-16(12)14(17)19-9-10-5-2-1-3-6-10/h1-3,5-6,11-13H,4,7-9H2. The molecule has 1 aliphatic heterocycles. The van der Waals surface area contributed by atoms with Gasteiger partial charge in [-0.25, -0.2) is 9.18 Å². The summed E-state index contributed by atoms with van der Waals surface area (Å²) in [6.07, 6.45) is -1.25. The van der Waals surface area contributed by atoms with Crippen LogP contribution in [0.15, 0.2) is 30.3 Å². The van der Waals surface area contributed by atoms with Gasteiger partial charge in [-0.05, 0) is 12.0 Å². The highest BCUT2D eigenvalue weighted by Gasteiger charge is 2.58. The van der Waals surface area contributed by atoms with Crippen LogP contribution in [-0.2, 0) is 16.1 Å². The Kier molecular flexibility index (Phi) is 3.38. The van der Waals surface area contributed by atoms with E-state index in [-0.39, 0.29) is 6.61 Å². The first-order valence-electron chi connectivity index (χ1n) is 6.50. The Labute approximate surface area is 111 Å². The minimum absolute atomic E-state index is 0.214. The first-order valence-corrected chi connectivity index (χ1v) is 6.50. The molecule has 1 aromatic carbocycles. The van der Waals surface area contributed by atoms with Crippen LogP contribution in [0.4, 0.5) is 9.18 Å². The maximum absolute atomic E-state index is 13.5. The zero-order chi connectivity index (χ0) is 13.2. The van der Waals surface area contributed by atoms with E-state index < -0.39 is 24.4 Å². The smallest absolute Gasteiger partial charge is 0.410 e. The van der Waals surface area contributed by atoms with Gasteiger partial charge >= 0.3 is 6.09 Å². The topological polar surface area (TPSA) is 38.8 Å². The molecule has 2 fully saturated rings. The highest BCUT2D eigenvalue weighted by Crippen LogP contribution is 2.37. The Morgan fingerprint density at radius 1 is 1.42 bits per heavy atom. The lowest BCUT2D eigenvalue weighted by atomic mass is 10.2. The van der Waals surface area contributed by atoms with E-state index in [1.165, 1.54) is 4.90 Å². The maximum atomic E-state index is 13.5. The predicted octanol–water partition coefficient (Wildman–Crippen LogP) is 2.13. The second-order valence-corrected chi connectivity index (χ2v) is 4.86. The summed E-state index contributed by atoms with van der Waals surface area (Å²) in [6, 6.07) is 8.99. The Hall–Kier alpha value is -1.62. The van der Waals surface area contributed by atoms with Crippen molar-refractivity contribution < 1.29 is 18.7 Å². The molecule has 1 aromatic rings. The molecule has 19 heavy (non-hydrogen) atoms. The second-order valence-electron chi connectivity index (χ2n) is 4.86. The summed E-state index contributed by atoms with van der Waals surface area (Å²) < 4.78 is 24.0. The highest BCUT2D eigenvalue weighted by molar-refractivity contribution is 5.69. The molecular formula is C14H16FNO3.